The van der Waals surface area contributed by atoms with E-state index in [1.807, 2.05) is 83.1 Å². The highest BCUT2D eigenvalue weighted by molar-refractivity contribution is 14.1. The number of halogens is 2. The molecule has 2 fully saturated rings. The van der Waals surface area contributed by atoms with Gasteiger partial charge in [-0.05, 0) is 282 Å². The van der Waals surface area contributed by atoms with E-state index in [1.54, 1.807) is 145 Å². The average molecular weight is 2050 g/mol. The van der Waals surface area contributed by atoms with Crippen LogP contribution in [0.2, 0.25) is 0 Å². The molecule has 0 bridgehead atoms. The second kappa shape index (κ2) is 231. The third-order valence-electron chi connectivity index (χ3n) is 11.8. The molecule has 21 nitrogen and oxygen atoms in total. The summed E-state index contributed by atoms with van der Waals surface area (Å²) in [6.45, 7) is 66.7. The molecule has 4 aromatic carbocycles. The molecule has 23 heteroatoms. The van der Waals surface area contributed by atoms with Crippen LogP contribution in [0.3, 0.4) is 0 Å². The van der Waals surface area contributed by atoms with Gasteiger partial charge in [0.1, 0.15) is 0 Å². The quantitative estimate of drug-likeness (QED) is 0.0797. The molecule has 0 heterocycles. The Morgan fingerprint density at radius 3 is 0.437 bits per heavy atom. The number of benzene rings is 4. The largest absolute Gasteiger partial charge is 0.397 e. The number of aryl methyl sites for hydroxylation is 1. The van der Waals surface area contributed by atoms with Gasteiger partial charge in [-0.2, -0.15) is 0 Å². The summed E-state index contributed by atoms with van der Waals surface area (Å²) in [5.41, 5.74) is 7.39. The summed E-state index contributed by atoms with van der Waals surface area (Å²) in [5.74, 6) is 2.66. The molecule has 2 saturated carbocycles. The van der Waals surface area contributed by atoms with Crippen LogP contribution >= 0.6 is 45.2 Å². The van der Waals surface area contributed by atoms with E-state index < -0.39 is 0 Å². The van der Waals surface area contributed by atoms with Gasteiger partial charge in [0.25, 0.3) is 0 Å². The number of aliphatic hydroxyl groups excluding tert-OH is 21. The van der Waals surface area contributed by atoms with Crippen LogP contribution in [-0.2, 0) is 0 Å². The van der Waals surface area contributed by atoms with Crippen molar-refractivity contribution in [2.24, 2.45) is 11.8 Å². The fraction of sp³-hybridized carbons (Fsp3) is 0.767. The molecule has 126 heavy (non-hydrogen) atoms. The van der Waals surface area contributed by atoms with Gasteiger partial charge in [-0.25, -0.2) is 0 Å². The Bertz CT molecular complexity index is 1750. The van der Waals surface area contributed by atoms with Gasteiger partial charge < -0.3 is 107 Å². The van der Waals surface area contributed by atoms with Crippen LogP contribution in [0.1, 0.15) is 397 Å². The van der Waals surface area contributed by atoms with Crippen molar-refractivity contribution in [2.75, 3.05) is 139 Å². The summed E-state index contributed by atoms with van der Waals surface area (Å²) in [6.07, 6.45) is 28.3. The van der Waals surface area contributed by atoms with Gasteiger partial charge in [0.05, 0.1) is 0 Å². The van der Waals surface area contributed by atoms with Gasteiger partial charge in [-0.15, -0.1) is 0 Å². The first kappa shape index (κ1) is 183. The molecule has 0 amide bonds. The van der Waals surface area contributed by atoms with Crippen LogP contribution in [0, 0.1) is 25.9 Å². The van der Waals surface area contributed by atoms with Gasteiger partial charge in [-0.3, -0.25) is 0 Å². The van der Waals surface area contributed by atoms with E-state index in [-0.39, 0.29) is 139 Å². The molecule has 2 aliphatic rings. The van der Waals surface area contributed by atoms with Crippen LogP contribution < -0.4 is 0 Å². The molecule has 0 radical (unpaired) electrons. The van der Waals surface area contributed by atoms with Crippen molar-refractivity contribution in [2.45, 2.75) is 376 Å². The van der Waals surface area contributed by atoms with Gasteiger partial charge in [0, 0.05) is 158 Å². The number of rotatable bonds is 6. The molecule has 0 saturated heterocycles. The highest BCUT2D eigenvalue weighted by Gasteiger charge is 2.26. The van der Waals surface area contributed by atoms with Crippen molar-refractivity contribution < 1.29 is 107 Å². The average Bonchev–Trinajstić information content (AvgIpc) is 0.863. The molecule has 2 aliphatic carbocycles. The maximum absolute atomic E-state index is 7.57. The van der Waals surface area contributed by atoms with E-state index in [0.29, 0.717) is 11.8 Å². The summed E-state index contributed by atoms with van der Waals surface area (Å²) in [5, 5.41) is 159. The van der Waals surface area contributed by atoms with Crippen LogP contribution in [0.15, 0.2) is 103 Å². The second-order valence-electron chi connectivity index (χ2n) is 22.4. The summed E-state index contributed by atoms with van der Waals surface area (Å²) in [6, 6.07) is 39.2. The van der Waals surface area contributed by atoms with E-state index in [1.165, 1.54) is 163 Å². The molecule has 6 rings (SSSR count). The minimum absolute atomic E-state index is 0.250. The Morgan fingerprint density at radius 1 is 0.190 bits per heavy atom. The van der Waals surface area contributed by atoms with Gasteiger partial charge >= 0.3 is 0 Å². The van der Waals surface area contributed by atoms with E-state index in [4.69, 9.17) is 107 Å². The fourth-order valence-electron chi connectivity index (χ4n) is 8.95. The first-order valence-electron chi connectivity index (χ1n) is 48.2. The number of aliphatic hydroxyl groups is 21. The normalized spacial score (nSPS) is 10.7. The standard InChI is InChI=1S/C25H34.C24H30I2.21C2H6O.6C2H6/c1-21-17-19-24(20-18-21)25(23-15-11-8-12-16-23)22-13-9-6-4-2-3-5-7-10-14-22;25-22-15-11-20(12-16-22)24(21-13-17-23(26)18-14-21)19-9-7-5-3-1-2-4-6-8-10-19;21*1-2-3;6*1-2/h8,11-12,15-20,22,25H,2-7,9-10,13-14H2,1H3;11-19,24H,1-10H2;21*3H,2H2,1H3;6*1-2H3. The Hall–Kier alpha value is -2.50. The zero-order valence-corrected chi connectivity index (χ0v) is 93.1. The molecule has 0 aromatic heterocycles. The van der Waals surface area contributed by atoms with E-state index in [0.717, 1.165) is 11.8 Å². The Labute approximate surface area is 811 Å². The molecular weight excluding hydrogens is 1830 g/mol. The van der Waals surface area contributed by atoms with Crippen molar-refractivity contribution in [1.29, 1.82) is 0 Å². The Kier molecular flexibility index (Phi) is 336. The lowest BCUT2D eigenvalue weighted by atomic mass is 9.76. The highest BCUT2D eigenvalue weighted by atomic mass is 127. The SMILES string of the molecule is CC.CC.CC.CC.CC.CC.CCO.CCO.CCO.CCO.CCO.CCO.CCO.CCO.CCO.CCO.CCO.CCO.CCO.CCO.CCO.CCO.CCO.CCO.CCO.CCO.CCO.Cc1ccc(C(c2ccccc2)C2CCCCCCCCCC2)cc1.Ic1ccc(C(c2ccc(I)cc2)C2CCCCCCCCCC2)cc1. The maximum Gasteiger partial charge on any atom is 0.0402 e. The first-order chi connectivity index (χ1) is 60.8. The topological polar surface area (TPSA) is 425 Å². The predicted octanol–water partition coefficient (Wildman–Crippen LogP) is 22.3. The summed E-state index contributed by atoms with van der Waals surface area (Å²) in [4.78, 5) is 0. The number of hydrogen-bond acceptors (Lipinski definition) is 21. The molecule has 1 unspecified atom stereocenters. The van der Waals surface area contributed by atoms with Crippen molar-refractivity contribution in [1.82, 2.24) is 0 Å². The van der Waals surface area contributed by atoms with Crippen LogP contribution in [0.5, 0.6) is 0 Å². The van der Waals surface area contributed by atoms with E-state index in [2.05, 4.69) is 155 Å². The van der Waals surface area contributed by atoms with Crippen LogP contribution in [0.25, 0.3) is 0 Å². The first-order valence-corrected chi connectivity index (χ1v) is 50.4. The van der Waals surface area contributed by atoms with E-state index in [9.17, 15) is 0 Å². The molecule has 21 N–H and O–H groups in total. The fourth-order valence-corrected chi connectivity index (χ4v) is 9.67. The minimum Gasteiger partial charge on any atom is -0.397 e. The zero-order valence-electron chi connectivity index (χ0n) is 88.8. The zero-order chi connectivity index (χ0) is 104. The maximum atomic E-state index is 7.57. The van der Waals surface area contributed by atoms with Crippen molar-refractivity contribution in [3.05, 3.63) is 138 Å². The summed E-state index contributed by atoms with van der Waals surface area (Å²) >= 11 is 4.83. The van der Waals surface area contributed by atoms with Crippen LogP contribution in [-0.4, -0.2) is 246 Å². The molecule has 1 atom stereocenters. The van der Waals surface area contributed by atoms with Crippen LogP contribution in [0.4, 0.5) is 0 Å². The van der Waals surface area contributed by atoms with Crippen molar-refractivity contribution in [3.8, 4) is 0 Å². The van der Waals surface area contributed by atoms with Crippen molar-refractivity contribution >= 4 is 45.2 Å². The van der Waals surface area contributed by atoms with E-state index >= 15 is 0 Å². The monoisotopic (exact) mass is 2050 g/mol. The third-order valence-corrected chi connectivity index (χ3v) is 13.2. The lowest BCUT2D eigenvalue weighted by molar-refractivity contribution is 0.318. The van der Waals surface area contributed by atoms with Gasteiger partial charge in [-0.1, -0.05) is 270 Å². The van der Waals surface area contributed by atoms with Gasteiger partial charge in [0.15, 0.2) is 0 Å². The molecular formula is C103H226I2O21. The second-order valence-corrected chi connectivity index (χ2v) is 24.8. The number of hydrogen-bond donors (Lipinski definition) is 21. The third kappa shape index (κ3) is 241. The van der Waals surface area contributed by atoms with Crippen molar-refractivity contribution in [3.63, 3.8) is 0 Å². The van der Waals surface area contributed by atoms with Gasteiger partial charge in [0.2, 0.25) is 0 Å². The molecule has 4 aromatic rings. The predicted molar refractivity (Wildman–Crippen MR) is 575 cm³/mol. The summed E-state index contributed by atoms with van der Waals surface area (Å²) in [7, 11) is 0. The molecule has 0 spiro atoms. The highest BCUT2D eigenvalue weighted by Crippen LogP contribution is 2.40. The molecule has 0 aliphatic heterocycles. The lowest BCUT2D eigenvalue weighted by Gasteiger charge is -2.29. The smallest absolute Gasteiger partial charge is 0.0402 e. The Balaban J connectivity index is -0.0000000460. The lowest BCUT2D eigenvalue weighted by Crippen LogP contribution is -2.15. The summed E-state index contributed by atoms with van der Waals surface area (Å²) < 4.78 is 2.66. The molecule has 778 valence electrons. The minimum atomic E-state index is 0.250. The Morgan fingerprint density at radius 2 is 0.302 bits per heavy atom.